The number of benzene rings is 2. The van der Waals surface area contributed by atoms with E-state index in [9.17, 15) is 18.0 Å². The highest BCUT2D eigenvalue weighted by Gasteiger charge is 2.30. The molecule has 0 aliphatic heterocycles. The van der Waals surface area contributed by atoms with Crippen LogP contribution in [0.15, 0.2) is 47.8 Å². The molecule has 2 N–H and O–H groups in total. The molecular formula is C17H10F3N5O2S2. The summed E-state index contributed by atoms with van der Waals surface area (Å²) in [5.74, 6) is -0.739. The van der Waals surface area contributed by atoms with Gasteiger partial charge < -0.3 is 15.4 Å². The van der Waals surface area contributed by atoms with Crippen LogP contribution in [-0.4, -0.2) is 26.0 Å². The van der Waals surface area contributed by atoms with E-state index >= 15 is 0 Å². The molecule has 7 nitrogen and oxygen atoms in total. The van der Waals surface area contributed by atoms with Gasteiger partial charge in [-0.15, -0.1) is 24.5 Å². The maximum atomic E-state index is 12.5. The van der Waals surface area contributed by atoms with Crippen molar-refractivity contribution in [3.05, 3.63) is 53.5 Å². The second-order valence-corrected chi connectivity index (χ2v) is 7.01. The third-order valence-corrected chi connectivity index (χ3v) is 4.91. The van der Waals surface area contributed by atoms with E-state index in [1.165, 1.54) is 35.6 Å². The summed E-state index contributed by atoms with van der Waals surface area (Å²) in [5.41, 5.74) is 2.50. The second kappa shape index (κ2) is 7.64. The van der Waals surface area contributed by atoms with Crippen molar-refractivity contribution in [3.63, 3.8) is 0 Å². The topological polar surface area (TPSA) is 89.0 Å². The highest BCUT2D eigenvalue weighted by molar-refractivity contribution is 7.14. The number of fused-ring (bicyclic) bond motifs is 1. The molecule has 0 radical (unpaired) electrons. The molecule has 0 bridgehead atoms. The number of aromatic nitrogens is 3. The van der Waals surface area contributed by atoms with Crippen molar-refractivity contribution in [2.24, 2.45) is 0 Å². The second-order valence-electron chi connectivity index (χ2n) is 5.63. The Morgan fingerprint density at radius 3 is 2.62 bits per heavy atom. The van der Waals surface area contributed by atoms with Gasteiger partial charge in [0.25, 0.3) is 5.91 Å². The molecule has 29 heavy (non-hydrogen) atoms. The van der Waals surface area contributed by atoms with Gasteiger partial charge in [-0.25, -0.2) is 4.98 Å². The Labute approximate surface area is 169 Å². The standard InChI is InChI=1S/C17H10F3N5O2S2/c18-17(19,20)27-10-6-4-9(5-7-10)21-16-23-13(8-28-16)15(26)22-11-2-1-3-12-14(11)25-29-24-12/h1-8H,(H,21,23)(H,22,26). The number of rotatable bonds is 5. The summed E-state index contributed by atoms with van der Waals surface area (Å²) in [5, 5.41) is 7.66. The first-order valence-electron chi connectivity index (χ1n) is 7.98. The predicted octanol–water partition coefficient (Wildman–Crippen LogP) is 5.04. The lowest BCUT2D eigenvalue weighted by atomic mass is 10.2. The summed E-state index contributed by atoms with van der Waals surface area (Å²) in [6.45, 7) is 0. The van der Waals surface area contributed by atoms with Crippen molar-refractivity contribution < 1.29 is 22.7 Å². The molecule has 0 atom stereocenters. The van der Waals surface area contributed by atoms with Crippen LogP contribution in [0.25, 0.3) is 11.0 Å². The monoisotopic (exact) mass is 437 g/mol. The summed E-state index contributed by atoms with van der Waals surface area (Å²) in [6.07, 6.45) is -4.74. The summed E-state index contributed by atoms with van der Waals surface area (Å²) in [6, 6.07) is 10.5. The fourth-order valence-electron chi connectivity index (χ4n) is 2.39. The summed E-state index contributed by atoms with van der Waals surface area (Å²) < 4.78 is 48.7. The number of amides is 1. The zero-order valence-corrected chi connectivity index (χ0v) is 15.9. The molecule has 2 heterocycles. The average molecular weight is 437 g/mol. The van der Waals surface area contributed by atoms with Gasteiger partial charge in [0.05, 0.1) is 17.4 Å². The van der Waals surface area contributed by atoms with Crippen LogP contribution in [0, 0.1) is 0 Å². The van der Waals surface area contributed by atoms with E-state index in [4.69, 9.17) is 0 Å². The van der Waals surface area contributed by atoms with E-state index in [0.29, 0.717) is 27.5 Å². The fraction of sp³-hybridized carbons (Fsp3) is 0.0588. The SMILES string of the molecule is O=C(Nc1cccc2nsnc12)c1csc(Nc2ccc(OC(F)(F)F)cc2)n1. The highest BCUT2D eigenvalue weighted by Crippen LogP contribution is 2.27. The lowest BCUT2D eigenvalue weighted by Crippen LogP contribution is -2.16. The minimum atomic E-state index is -4.74. The molecule has 148 valence electrons. The number of anilines is 3. The molecule has 0 spiro atoms. The van der Waals surface area contributed by atoms with Crippen molar-refractivity contribution in [2.75, 3.05) is 10.6 Å². The van der Waals surface area contributed by atoms with Crippen molar-refractivity contribution in [1.29, 1.82) is 0 Å². The van der Waals surface area contributed by atoms with Gasteiger partial charge in [0.1, 0.15) is 22.5 Å². The van der Waals surface area contributed by atoms with Crippen molar-refractivity contribution in [2.45, 2.75) is 6.36 Å². The van der Waals surface area contributed by atoms with E-state index in [1.807, 2.05) is 0 Å². The van der Waals surface area contributed by atoms with Gasteiger partial charge in [-0.3, -0.25) is 4.79 Å². The number of halogens is 3. The van der Waals surface area contributed by atoms with E-state index in [0.717, 1.165) is 11.7 Å². The molecule has 2 aromatic heterocycles. The number of carbonyl (C=O) groups is 1. The molecule has 12 heteroatoms. The van der Waals surface area contributed by atoms with Crippen LogP contribution < -0.4 is 15.4 Å². The van der Waals surface area contributed by atoms with Crippen molar-refractivity contribution in [1.82, 2.24) is 13.7 Å². The lowest BCUT2D eigenvalue weighted by Gasteiger charge is -2.09. The third kappa shape index (κ3) is 4.60. The van der Waals surface area contributed by atoms with Crippen molar-refractivity contribution in [3.8, 4) is 5.75 Å². The maximum absolute atomic E-state index is 12.5. The number of carbonyl (C=O) groups excluding carboxylic acids is 1. The molecule has 4 aromatic rings. The highest BCUT2D eigenvalue weighted by atomic mass is 32.1. The van der Waals surface area contributed by atoms with Gasteiger partial charge in [0.15, 0.2) is 5.13 Å². The number of alkyl halides is 3. The maximum Gasteiger partial charge on any atom is 0.573 e. The van der Waals surface area contributed by atoms with Gasteiger partial charge in [-0.1, -0.05) is 6.07 Å². The van der Waals surface area contributed by atoms with E-state index < -0.39 is 12.3 Å². The molecule has 0 unspecified atom stereocenters. The molecule has 4 rings (SSSR count). The van der Waals surface area contributed by atoms with Crippen molar-refractivity contribution >= 4 is 56.5 Å². The van der Waals surface area contributed by atoms with E-state index in [1.54, 1.807) is 23.6 Å². The molecule has 1 amide bonds. The number of nitrogens with one attached hydrogen (secondary N) is 2. The summed E-state index contributed by atoms with van der Waals surface area (Å²) in [7, 11) is 0. The molecule has 2 aromatic carbocycles. The largest absolute Gasteiger partial charge is 0.573 e. The van der Waals surface area contributed by atoms with Crippen LogP contribution in [0.1, 0.15) is 10.5 Å². The van der Waals surface area contributed by atoms with Crippen LogP contribution in [0.4, 0.5) is 29.7 Å². The third-order valence-electron chi connectivity index (χ3n) is 3.61. The molecular weight excluding hydrogens is 427 g/mol. The molecule has 0 fully saturated rings. The Bertz CT molecular complexity index is 1160. The number of thiazole rings is 1. The number of ether oxygens (including phenoxy) is 1. The van der Waals surface area contributed by atoms with E-state index in [-0.39, 0.29) is 11.4 Å². The predicted molar refractivity (Wildman–Crippen MR) is 104 cm³/mol. The fourth-order valence-corrected chi connectivity index (χ4v) is 3.65. The molecule has 0 saturated heterocycles. The van der Waals surface area contributed by atoms with E-state index in [2.05, 4.69) is 29.1 Å². The van der Waals surface area contributed by atoms with Gasteiger partial charge in [-0.2, -0.15) is 8.75 Å². The van der Waals surface area contributed by atoms with Crippen LogP contribution in [0.2, 0.25) is 0 Å². The Hall–Kier alpha value is -3.25. The Morgan fingerprint density at radius 1 is 1.07 bits per heavy atom. The average Bonchev–Trinajstić information content (AvgIpc) is 3.32. The van der Waals surface area contributed by atoms with Crippen LogP contribution in [0.3, 0.4) is 0 Å². The quantitative estimate of drug-likeness (QED) is 0.455. The Balaban J connectivity index is 1.43. The Morgan fingerprint density at radius 2 is 1.86 bits per heavy atom. The lowest BCUT2D eigenvalue weighted by molar-refractivity contribution is -0.274. The van der Waals surface area contributed by atoms with Gasteiger partial charge in [0, 0.05) is 11.1 Å². The first-order chi connectivity index (χ1) is 13.9. The van der Waals surface area contributed by atoms with Gasteiger partial charge in [0.2, 0.25) is 0 Å². The van der Waals surface area contributed by atoms with Crippen LogP contribution in [0.5, 0.6) is 5.75 Å². The Kier molecular flexibility index (Phi) is 5.03. The summed E-state index contributed by atoms with van der Waals surface area (Å²) in [4.78, 5) is 16.7. The zero-order valence-electron chi connectivity index (χ0n) is 14.2. The molecule has 0 aliphatic rings. The summed E-state index contributed by atoms with van der Waals surface area (Å²) >= 11 is 2.24. The zero-order chi connectivity index (χ0) is 20.4. The van der Waals surface area contributed by atoms with Gasteiger partial charge in [-0.05, 0) is 36.4 Å². The first kappa shape index (κ1) is 19.1. The first-order valence-corrected chi connectivity index (χ1v) is 9.59. The van der Waals surface area contributed by atoms with Crippen LogP contribution in [-0.2, 0) is 0 Å². The minimum absolute atomic E-state index is 0.190. The molecule has 0 aliphatic carbocycles. The normalized spacial score (nSPS) is 11.4. The van der Waals surface area contributed by atoms with Crippen LogP contribution >= 0.6 is 23.1 Å². The minimum Gasteiger partial charge on any atom is -0.406 e. The van der Waals surface area contributed by atoms with Gasteiger partial charge >= 0.3 is 6.36 Å². The number of nitrogens with zero attached hydrogens (tertiary/aromatic N) is 3. The number of hydrogen-bond acceptors (Lipinski definition) is 8. The molecule has 0 saturated carbocycles. The number of hydrogen-bond donors (Lipinski definition) is 2. The smallest absolute Gasteiger partial charge is 0.406 e.